The number of ether oxygens (including phenoxy) is 1. The first-order valence-corrected chi connectivity index (χ1v) is 7.54. The van der Waals surface area contributed by atoms with Crippen LogP contribution in [-0.4, -0.2) is 25.3 Å². The summed E-state index contributed by atoms with van der Waals surface area (Å²) >= 11 is 0. The monoisotopic (exact) mass is 315 g/mol. The van der Waals surface area contributed by atoms with E-state index in [2.05, 4.69) is 11.4 Å². The van der Waals surface area contributed by atoms with Gasteiger partial charge in [-0.1, -0.05) is 42.0 Å². The number of rotatable bonds is 7. The second-order valence-corrected chi connectivity index (χ2v) is 5.43. The van der Waals surface area contributed by atoms with Gasteiger partial charge >= 0.3 is 0 Å². The van der Waals surface area contributed by atoms with Gasteiger partial charge in [-0.05, 0) is 30.7 Å². The van der Waals surface area contributed by atoms with E-state index in [1.807, 2.05) is 31.2 Å². The Labute approximate surface area is 136 Å². The second kappa shape index (κ2) is 8.46. The zero-order chi connectivity index (χ0) is 16.7. The SMILES string of the molecule is COc1ccc(/C=C(/C)CNCC(O)c2ccccc2F)cc1. The first kappa shape index (κ1) is 17.2. The van der Waals surface area contributed by atoms with Crippen LogP contribution in [0.25, 0.3) is 6.08 Å². The van der Waals surface area contributed by atoms with E-state index >= 15 is 0 Å². The van der Waals surface area contributed by atoms with Gasteiger partial charge in [-0.2, -0.15) is 0 Å². The molecule has 0 saturated heterocycles. The number of aliphatic hydroxyl groups is 1. The molecule has 0 aliphatic heterocycles. The maximum atomic E-state index is 13.6. The summed E-state index contributed by atoms with van der Waals surface area (Å²) in [5, 5.41) is 13.2. The molecule has 0 amide bonds. The molecule has 0 spiro atoms. The molecule has 2 N–H and O–H groups in total. The highest BCUT2D eigenvalue weighted by atomic mass is 19.1. The summed E-state index contributed by atoms with van der Waals surface area (Å²) in [6.45, 7) is 2.93. The predicted molar refractivity (Wildman–Crippen MR) is 90.9 cm³/mol. The van der Waals surface area contributed by atoms with Crippen molar-refractivity contribution in [2.45, 2.75) is 13.0 Å². The third-order valence-electron chi connectivity index (χ3n) is 3.53. The molecule has 122 valence electrons. The van der Waals surface area contributed by atoms with E-state index in [0.29, 0.717) is 18.7 Å². The predicted octanol–water partition coefficient (Wildman–Crippen LogP) is 3.56. The van der Waals surface area contributed by atoms with Gasteiger partial charge in [-0.15, -0.1) is 0 Å². The summed E-state index contributed by atoms with van der Waals surface area (Å²) in [6, 6.07) is 14.1. The first-order valence-electron chi connectivity index (χ1n) is 7.54. The lowest BCUT2D eigenvalue weighted by atomic mass is 10.1. The number of hydrogen-bond donors (Lipinski definition) is 2. The smallest absolute Gasteiger partial charge is 0.129 e. The molecular weight excluding hydrogens is 293 g/mol. The summed E-state index contributed by atoms with van der Waals surface area (Å²) < 4.78 is 18.7. The lowest BCUT2D eigenvalue weighted by Gasteiger charge is -2.13. The number of hydrogen-bond acceptors (Lipinski definition) is 3. The number of methoxy groups -OCH3 is 1. The highest BCUT2D eigenvalue weighted by Crippen LogP contribution is 2.16. The summed E-state index contributed by atoms with van der Waals surface area (Å²) in [5.74, 6) is 0.443. The zero-order valence-electron chi connectivity index (χ0n) is 13.4. The van der Waals surface area contributed by atoms with Gasteiger partial charge in [0.1, 0.15) is 11.6 Å². The van der Waals surface area contributed by atoms with Crippen LogP contribution in [0.4, 0.5) is 4.39 Å². The van der Waals surface area contributed by atoms with Gasteiger partial charge in [-0.3, -0.25) is 0 Å². The fourth-order valence-electron chi connectivity index (χ4n) is 2.30. The summed E-state index contributed by atoms with van der Waals surface area (Å²) in [6.07, 6.45) is 1.20. The summed E-state index contributed by atoms with van der Waals surface area (Å²) in [4.78, 5) is 0. The van der Waals surface area contributed by atoms with Gasteiger partial charge in [0.15, 0.2) is 0 Å². The topological polar surface area (TPSA) is 41.5 Å². The van der Waals surface area contributed by atoms with Crippen molar-refractivity contribution in [2.75, 3.05) is 20.2 Å². The Bertz CT molecular complexity index is 653. The number of nitrogens with one attached hydrogen (secondary N) is 1. The van der Waals surface area contributed by atoms with Crippen LogP contribution in [0.1, 0.15) is 24.2 Å². The number of benzene rings is 2. The first-order chi connectivity index (χ1) is 11.1. The molecule has 0 aliphatic carbocycles. The van der Waals surface area contributed by atoms with Crippen LogP contribution in [0.3, 0.4) is 0 Å². The lowest BCUT2D eigenvalue weighted by molar-refractivity contribution is 0.171. The van der Waals surface area contributed by atoms with Crippen LogP contribution in [-0.2, 0) is 0 Å². The zero-order valence-corrected chi connectivity index (χ0v) is 13.4. The minimum absolute atomic E-state index is 0.300. The van der Waals surface area contributed by atoms with Crippen molar-refractivity contribution in [3.63, 3.8) is 0 Å². The van der Waals surface area contributed by atoms with Crippen LogP contribution in [0, 0.1) is 5.82 Å². The summed E-state index contributed by atoms with van der Waals surface area (Å²) in [7, 11) is 1.64. The van der Waals surface area contributed by atoms with Crippen LogP contribution >= 0.6 is 0 Å². The fraction of sp³-hybridized carbons (Fsp3) is 0.263. The van der Waals surface area contributed by atoms with Crippen LogP contribution in [0.15, 0.2) is 54.1 Å². The van der Waals surface area contributed by atoms with Gasteiger partial charge in [0.05, 0.1) is 13.2 Å². The molecule has 0 saturated carbocycles. The quantitative estimate of drug-likeness (QED) is 0.821. The average molecular weight is 315 g/mol. The molecule has 1 atom stereocenters. The molecule has 2 rings (SSSR count). The Balaban J connectivity index is 1.85. The van der Waals surface area contributed by atoms with Crippen molar-refractivity contribution in [2.24, 2.45) is 0 Å². The van der Waals surface area contributed by atoms with E-state index in [1.165, 1.54) is 6.07 Å². The molecule has 1 unspecified atom stereocenters. The Hall–Kier alpha value is -2.17. The van der Waals surface area contributed by atoms with E-state index in [-0.39, 0.29) is 5.82 Å². The van der Waals surface area contributed by atoms with Crippen LogP contribution < -0.4 is 10.1 Å². The molecule has 23 heavy (non-hydrogen) atoms. The molecule has 2 aromatic carbocycles. The molecule has 0 bridgehead atoms. The third-order valence-corrected chi connectivity index (χ3v) is 3.53. The molecule has 0 aliphatic rings. The van der Waals surface area contributed by atoms with E-state index in [9.17, 15) is 9.50 Å². The van der Waals surface area contributed by atoms with Crippen molar-refractivity contribution in [3.05, 3.63) is 71.0 Å². The van der Waals surface area contributed by atoms with Crippen LogP contribution in [0.5, 0.6) is 5.75 Å². The lowest BCUT2D eigenvalue weighted by Crippen LogP contribution is -2.23. The van der Waals surface area contributed by atoms with Crippen molar-refractivity contribution in [1.29, 1.82) is 0 Å². The molecule has 2 aromatic rings. The Morgan fingerprint density at radius 3 is 2.57 bits per heavy atom. The van der Waals surface area contributed by atoms with E-state index in [1.54, 1.807) is 25.3 Å². The molecular formula is C19H22FNO2. The van der Waals surface area contributed by atoms with E-state index < -0.39 is 6.10 Å². The maximum absolute atomic E-state index is 13.6. The molecule has 3 nitrogen and oxygen atoms in total. The highest BCUT2D eigenvalue weighted by Gasteiger charge is 2.11. The molecule has 0 radical (unpaired) electrons. The number of aliphatic hydroxyl groups excluding tert-OH is 1. The largest absolute Gasteiger partial charge is 0.497 e. The Morgan fingerprint density at radius 1 is 1.22 bits per heavy atom. The summed E-state index contributed by atoms with van der Waals surface area (Å²) in [5.41, 5.74) is 2.52. The van der Waals surface area contributed by atoms with Gasteiger partial charge < -0.3 is 15.2 Å². The molecule has 0 fully saturated rings. The van der Waals surface area contributed by atoms with Gasteiger partial charge in [-0.25, -0.2) is 4.39 Å². The number of halogens is 1. The average Bonchev–Trinajstić information content (AvgIpc) is 2.56. The van der Waals surface area contributed by atoms with Crippen LogP contribution in [0.2, 0.25) is 0 Å². The van der Waals surface area contributed by atoms with Crippen molar-refractivity contribution >= 4 is 6.08 Å². The molecule has 0 aromatic heterocycles. The van der Waals surface area contributed by atoms with Gasteiger partial charge in [0.25, 0.3) is 0 Å². The van der Waals surface area contributed by atoms with E-state index in [0.717, 1.165) is 16.9 Å². The van der Waals surface area contributed by atoms with E-state index in [4.69, 9.17) is 4.74 Å². The minimum atomic E-state index is -0.856. The van der Waals surface area contributed by atoms with Gasteiger partial charge in [0, 0.05) is 18.7 Å². The Kier molecular flexibility index (Phi) is 6.32. The normalized spacial score (nSPS) is 13.0. The van der Waals surface area contributed by atoms with Crippen molar-refractivity contribution < 1.29 is 14.2 Å². The maximum Gasteiger partial charge on any atom is 0.129 e. The fourth-order valence-corrected chi connectivity index (χ4v) is 2.30. The molecule has 0 heterocycles. The van der Waals surface area contributed by atoms with Gasteiger partial charge in [0.2, 0.25) is 0 Å². The van der Waals surface area contributed by atoms with Crippen molar-refractivity contribution in [1.82, 2.24) is 5.32 Å². The standard InChI is InChI=1S/C19H22FNO2/c1-14(11-15-7-9-16(23-2)10-8-15)12-21-13-19(22)17-5-3-4-6-18(17)20/h3-11,19,21-22H,12-13H2,1-2H3/b14-11-. The highest BCUT2D eigenvalue weighted by molar-refractivity contribution is 5.53. The minimum Gasteiger partial charge on any atom is -0.497 e. The third kappa shape index (κ3) is 5.20. The Morgan fingerprint density at radius 2 is 1.91 bits per heavy atom. The van der Waals surface area contributed by atoms with Crippen molar-refractivity contribution in [3.8, 4) is 5.75 Å². The molecule has 4 heteroatoms. The second-order valence-electron chi connectivity index (χ2n) is 5.43.